The standard InChI is InChI=1S/C17H15ClN4O2S/c1-22-13-8-4-5-9-14(13)25-17(22)21-20-15(23)10-19-16(24)11-6-2-3-7-12(11)18/h2-9H,10H2,1H3,(H,19,24)(H,20,23)/b21-17-. The summed E-state index contributed by atoms with van der Waals surface area (Å²) in [5, 5.41) is 6.97. The lowest BCUT2D eigenvalue weighted by Gasteiger charge is -2.05. The molecule has 0 radical (unpaired) electrons. The second-order valence-corrected chi connectivity index (χ2v) is 6.64. The third kappa shape index (κ3) is 3.89. The van der Waals surface area contributed by atoms with Crippen LogP contribution in [0.5, 0.6) is 0 Å². The smallest absolute Gasteiger partial charge is 0.259 e. The largest absolute Gasteiger partial charge is 0.343 e. The van der Waals surface area contributed by atoms with Gasteiger partial charge in [0.25, 0.3) is 11.8 Å². The predicted octanol–water partition coefficient (Wildman–Crippen LogP) is 2.26. The van der Waals surface area contributed by atoms with Gasteiger partial charge in [0, 0.05) is 7.05 Å². The molecule has 0 atom stereocenters. The molecule has 3 rings (SSSR count). The van der Waals surface area contributed by atoms with E-state index in [4.69, 9.17) is 11.6 Å². The Balaban J connectivity index is 1.64. The Hall–Kier alpha value is -2.64. The van der Waals surface area contributed by atoms with Gasteiger partial charge in [-0.05, 0) is 24.3 Å². The number of benzene rings is 2. The Labute approximate surface area is 152 Å². The van der Waals surface area contributed by atoms with Gasteiger partial charge in [-0.25, -0.2) is 5.43 Å². The molecule has 6 nitrogen and oxygen atoms in total. The number of para-hydroxylation sites is 1. The van der Waals surface area contributed by atoms with Crippen molar-refractivity contribution in [2.75, 3.05) is 6.54 Å². The van der Waals surface area contributed by atoms with Gasteiger partial charge in [-0.2, -0.15) is 0 Å². The van der Waals surface area contributed by atoms with E-state index in [0.717, 1.165) is 10.2 Å². The van der Waals surface area contributed by atoms with Crippen LogP contribution in [0, 0.1) is 0 Å². The molecule has 1 aromatic heterocycles. The molecule has 25 heavy (non-hydrogen) atoms. The normalized spacial score (nSPS) is 11.5. The molecule has 0 aliphatic heterocycles. The van der Waals surface area contributed by atoms with Gasteiger partial charge in [-0.15, -0.1) is 5.10 Å². The van der Waals surface area contributed by atoms with E-state index < -0.39 is 11.8 Å². The molecule has 2 N–H and O–H groups in total. The van der Waals surface area contributed by atoms with Crippen molar-refractivity contribution in [3.05, 3.63) is 63.9 Å². The van der Waals surface area contributed by atoms with Crippen LogP contribution in [0.2, 0.25) is 5.02 Å². The van der Waals surface area contributed by atoms with Gasteiger partial charge in [0.15, 0.2) is 0 Å². The summed E-state index contributed by atoms with van der Waals surface area (Å²) >= 11 is 7.42. The van der Waals surface area contributed by atoms with E-state index in [-0.39, 0.29) is 6.54 Å². The van der Waals surface area contributed by atoms with Crippen molar-refractivity contribution in [1.82, 2.24) is 15.3 Å². The summed E-state index contributed by atoms with van der Waals surface area (Å²) in [7, 11) is 1.88. The summed E-state index contributed by atoms with van der Waals surface area (Å²) in [6.45, 7) is -0.192. The quantitative estimate of drug-likeness (QED) is 0.687. The van der Waals surface area contributed by atoms with Gasteiger partial charge < -0.3 is 9.88 Å². The number of nitrogens with zero attached hydrogens (tertiary/aromatic N) is 2. The highest BCUT2D eigenvalue weighted by molar-refractivity contribution is 7.16. The van der Waals surface area contributed by atoms with E-state index in [1.54, 1.807) is 24.3 Å². The van der Waals surface area contributed by atoms with E-state index in [2.05, 4.69) is 15.8 Å². The second kappa shape index (κ2) is 7.50. The highest BCUT2D eigenvalue weighted by Crippen LogP contribution is 2.15. The van der Waals surface area contributed by atoms with Crippen molar-refractivity contribution < 1.29 is 9.59 Å². The number of carbonyl (C=O) groups excluding carboxylic acids is 2. The molecular formula is C17H15ClN4O2S. The fourth-order valence-electron chi connectivity index (χ4n) is 2.24. The van der Waals surface area contributed by atoms with E-state index in [9.17, 15) is 9.59 Å². The number of hydrogen-bond donors (Lipinski definition) is 2. The molecule has 2 amide bonds. The molecule has 0 bridgehead atoms. The number of hydrogen-bond acceptors (Lipinski definition) is 4. The van der Waals surface area contributed by atoms with Gasteiger partial charge in [0.1, 0.15) is 0 Å². The minimum Gasteiger partial charge on any atom is -0.343 e. The molecular weight excluding hydrogens is 360 g/mol. The first-order valence-corrected chi connectivity index (χ1v) is 8.65. The van der Waals surface area contributed by atoms with Crippen LogP contribution in [0.3, 0.4) is 0 Å². The van der Waals surface area contributed by atoms with E-state index in [1.165, 1.54) is 11.3 Å². The third-order valence-corrected chi connectivity index (χ3v) is 4.96. The lowest BCUT2D eigenvalue weighted by molar-refractivity contribution is -0.120. The number of halogens is 1. The van der Waals surface area contributed by atoms with Crippen molar-refractivity contribution in [2.45, 2.75) is 0 Å². The first-order chi connectivity index (χ1) is 12.1. The zero-order valence-electron chi connectivity index (χ0n) is 13.3. The lowest BCUT2D eigenvalue weighted by atomic mass is 10.2. The molecule has 0 aliphatic rings. The zero-order chi connectivity index (χ0) is 17.8. The van der Waals surface area contributed by atoms with E-state index >= 15 is 0 Å². The number of aromatic nitrogens is 1. The van der Waals surface area contributed by atoms with Crippen molar-refractivity contribution in [3.63, 3.8) is 0 Å². The molecule has 0 spiro atoms. The van der Waals surface area contributed by atoms with Crippen LogP contribution in [0.4, 0.5) is 0 Å². The monoisotopic (exact) mass is 374 g/mol. The summed E-state index contributed by atoms with van der Waals surface area (Å²) in [6, 6.07) is 14.5. The number of amides is 2. The van der Waals surface area contributed by atoms with Crippen LogP contribution in [0.25, 0.3) is 10.2 Å². The molecule has 0 aliphatic carbocycles. The number of thiazole rings is 1. The van der Waals surface area contributed by atoms with Crippen LogP contribution in [-0.4, -0.2) is 22.9 Å². The second-order valence-electron chi connectivity index (χ2n) is 5.22. The third-order valence-electron chi connectivity index (χ3n) is 3.52. The highest BCUT2D eigenvalue weighted by atomic mass is 35.5. The molecule has 3 aromatic rings. The lowest BCUT2D eigenvalue weighted by Crippen LogP contribution is -2.36. The first-order valence-electron chi connectivity index (χ1n) is 7.46. The van der Waals surface area contributed by atoms with Crippen molar-refractivity contribution >= 4 is 45.0 Å². The highest BCUT2D eigenvalue weighted by Gasteiger charge is 2.10. The average molecular weight is 375 g/mol. The molecule has 2 aromatic carbocycles. The Morgan fingerprint density at radius 3 is 2.64 bits per heavy atom. The summed E-state index contributed by atoms with van der Waals surface area (Å²) < 4.78 is 2.97. The van der Waals surface area contributed by atoms with Gasteiger partial charge in [-0.3, -0.25) is 9.59 Å². The van der Waals surface area contributed by atoms with Crippen LogP contribution in [0.1, 0.15) is 10.4 Å². The number of fused-ring (bicyclic) bond motifs is 1. The van der Waals surface area contributed by atoms with Gasteiger partial charge in [0.2, 0.25) is 4.80 Å². The molecule has 8 heteroatoms. The Morgan fingerprint density at radius 1 is 1.16 bits per heavy atom. The van der Waals surface area contributed by atoms with E-state index in [1.807, 2.05) is 35.9 Å². The fourth-order valence-corrected chi connectivity index (χ4v) is 3.44. The van der Waals surface area contributed by atoms with Crippen LogP contribution < -0.4 is 15.5 Å². The Kier molecular flexibility index (Phi) is 5.16. The summed E-state index contributed by atoms with van der Waals surface area (Å²) in [6.07, 6.45) is 0. The number of aryl methyl sites for hydroxylation is 1. The maximum atomic E-state index is 12.0. The Bertz CT molecular complexity index is 1010. The van der Waals surface area contributed by atoms with Gasteiger partial charge in [-0.1, -0.05) is 47.2 Å². The molecule has 1 heterocycles. The van der Waals surface area contributed by atoms with Crippen molar-refractivity contribution in [1.29, 1.82) is 0 Å². The van der Waals surface area contributed by atoms with Crippen molar-refractivity contribution in [3.8, 4) is 0 Å². The van der Waals surface area contributed by atoms with E-state index in [0.29, 0.717) is 15.4 Å². The predicted molar refractivity (Wildman–Crippen MR) is 98.3 cm³/mol. The molecule has 0 fully saturated rings. The van der Waals surface area contributed by atoms with Crippen LogP contribution in [0.15, 0.2) is 53.6 Å². The maximum Gasteiger partial charge on any atom is 0.259 e. The molecule has 128 valence electrons. The Morgan fingerprint density at radius 2 is 1.88 bits per heavy atom. The zero-order valence-corrected chi connectivity index (χ0v) is 14.9. The summed E-state index contributed by atoms with van der Waals surface area (Å²) in [5.74, 6) is -0.828. The SMILES string of the molecule is Cn1/c(=N/NC(=O)CNC(=O)c2ccccc2Cl)sc2ccccc21. The van der Waals surface area contributed by atoms with Crippen LogP contribution >= 0.6 is 22.9 Å². The topological polar surface area (TPSA) is 75.5 Å². The maximum absolute atomic E-state index is 12.0. The molecule has 0 saturated heterocycles. The molecule has 0 unspecified atom stereocenters. The minimum atomic E-state index is -0.419. The number of nitrogens with one attached hydrogen (secondary N) is 2. The van der Waals surface area contributed by atoms with Crippen molar-refractivity contribution in [2.24, 2.45) is 12.1 Å². The van der Waals surface area contributed by atoms with Gasteiger partial charge in [0.05, 0.1) is 27.3 Å². The average Bonchev–Trinajstić information content (AvgIpc) is 2.94. The minimum absolute atomic E-state index is 0.192. The summed E-state index contributed by atoms with van der Waals surface area (Å²) in [4.78, 5) is 24.6. The number of carbonyl (C=O) groups is 2. The molecule has 0 saturated carbocycles. The summed E-state index contributed by atoms with van der Waals surface area (Å²) in [5.41, 5.74) is 3.81. The van der Waals surface area contributed by atoms with Crippen LogP contribution in [-0.2, 0) is 11.8 Å². The first kappa shape index (κ1) is 17.2. The fraction of sp³-hybridized carbons (Fsp3) is 0.118. The number of rotatable bonds is 4. The van der Waals surface area contributed by atoms with Gasteiger partial charge >= 0.3 is 0 Å².